The summed E-state index contributed by atoms with van der Waals surface area (Å²) in [4.78, 5) is 4.47. The van der Waals surface area contributed by atoms with Crippen LogP contribution in [0.25, 0.3) is 11.3 Å². The molecule has 96 valence electrons. The smallest absolute Gasteiger partial charge is 0.128 e. The Morgan fingerprint density at radius 1 is 1.39 bits per heavy atom. The highest BCUT2D eigenvalue weighted by molar-refractivity contribution is 9.10. The number of aromatic nitrogens is 1. The zero-order chi connectivity index (χ0) is 13.3. The SMILES string of the molecule is COc1ccc(Br)cc1-c1csc(C(C)(C)O)n1. The van der Waals surface area contributed by atoms with Crippen LogP contribution in [0, 0.1) is 0 Å². The first kappa shape index (κ1) is 13.5. The summed E-state index contributed by atoms with van der Waals surface area (Å²) in [7, 11) is 1.63. The molecule has 0 saturated heterocycles. The van der Waals surface area contributed by atoms with E-state index in [2.05, 4.69) is 20.9 Å². The molecule has 0 spiro atoms. The molecule has 0 fully saturated rings. The van der Waals surface area contributed by atoms with Crippen molar-refractivity contribution in [3.05, 3.63) is 33.1 Å². The van der Waals surface area contributed by atoms with Crippen molar-refractivity contribution in [3.8, 4) is 17.0 Å². The number of thiazole rings is 1. The predicted octanol–water partition coefficient (Wildman–Crippen LogP) is 3.81. The third-order valence-electron chi connectivity index (χ3n) is 2.47. The van der Waals surface area contributed by atoms with E-state index in [1.807, 2.05) is 23.6 Å². The summed E-state index contributed by atoms with van der Waals surface area (Å²) in [6.45, 7) is 3.46. The van der Waals surface area contributed by atoms with Crippen LogP contribution in [0.15, 0.2) is 28.1 Å². The molecule has 0 aliphatic rings. The number of hydrogen-bond acceptors (Lipinski definition) is 4. The third kappa shape index (κ3) is 2.74. The summed E-state index contributed by atoms with van der Waals surface area (Å²) in [5.41, 5.74) is 0.816. The fourth-order valence-electron chi connectivity index (χ4n) is 1.56. The molecule has 5 heteroatoms. The van der Waals surface area contributed by atoms with E-state index >= 15 is 0 Å². The maximum atomic E-state index is 9.94. The van der Waals surface area contributed by atoms with Crippen molar-refractivity contribution in [2.45, 2.75) is 19.4 Å². The van der Waals surface area contributed by atoms with Gasteiger partial charge in [-0.2, -0.15) is 0 Å². The van der Waals surface area contributed by atoms with Gasteiger partial charge in [0.2, 0.25) is 0 Å². The van der Waals surface area contributed by atoms with Crippen molar-refractivity contribution >= 4 is 27.3 Å². The molecule has 18 heavy (non-hydrogen) atoms. The fourth-order valence-corrected chi connectivity index (χ4v) is 2.76. The lowest BCUT2D eigenvalue weighted by Crippen LogP contribution is -2.14. The van der Waals surface area contributed by atoms with Gasteiger partial charge in [0.1, 0.15) is 16.4 Å². The van der Waals surface area contributed by atoms with Gasteiger partial charge < -0.3 is 9.84 Å². The molecule has 0 aliphatic carbocycles. The molecule has 2 aromatic rings. The van der Waals surface area contributed by atoms with Crippen LogP contribution in [-0.4, -0.2) is 17.2 Å². The Morgan fingerprint density at radius 2 is 2.11 bits per heavy atom. The van der Waals surface area contributed by atoms with E-state index in [-0.39, 0.29) is 0 Å². The normalized spacial score (nSPS) is 11.6. The van der Waals surface area contributed by atoms with E-state index in [0.29, 0.717) is 5.01 Å². The minimum atomic E-state index is -0.915. The Hall–Kier alpha value is -0.910. The number of aliphatic hydroxyl groups is 1. The summed E-state index contributed by atoms with van der Waals surface area (Å²) < 4.78 is 6.30. The van der Waals surface area contributed by atoms with Crippen LogP contribution in [-0.2, 0) is 5.60 Å². The predicted molar refractivity (Wildman–Crippen MR) is 77.0 cm³/mol. The van der Waals surface area contributed by atoms with Crippen molar-refractivity contribution in [1.29, 1.82) is 0 Å². The van der Waals surface area contributed by atoms with Crippen LogP contribution in [0.1, 0.15) is 18.9 Å². The highest BCUT2D eigenvalue weighted by Gasteiger charge is 2.21. The van der Waals surface area contributed by atoms with Gasteiger partial charge in [-0.05, 0) is 32.0 Å². The first-order valence-corrected chi connectivity index (χ1v) is 7.11. The molecule has 0 atom stereocenters. The molecular formula is C13H14BrNO2S. The molecule has 2 rings (SSSR count). The molecule has 0 aliphatic heterocycles. The standard InChI is InChI=1S/C13H14BrNO2S/c1-13(2,16)12-15-10(7-18-12)9-6-8(14)4-5-11(9)17-3/h4-7,16H,1-3H3. The average Bonchev–Trinajstić information content (AvgIpc) is 2.77. The van der Waals surface area contributed by atoms with E-state index in [1.54, 1.807) is 21.0 Å². The van der Waals surface area contributed by atoms with Gasteiger partial charge in [-0.15, -0.1) is 11.3 Å². The minimum Gasteiger partial charge on any atom is -0.496 e. The largest absolute Gasteiger partial charge is 0.496 e. The van der Waals surface area contributed by atoms with E-state index in [1.165, 1.54) is 11.3 Å². The van der Waals surface area contributed by atoms with Crippen LogP contribution < -0.4 is 4.74 Å². The molecule has 0 saturated carbocycles. The van der Waals surface area contributed by atoms with Crippen molar-refractivity contribution in [2.75, 3.05) is 7.11 Å². The molecule has 3 nitrogen and oxygen atoms in total. The van der Waals surface area contributed by atoms with Crippen LogP contribution in [0.3, 0.4) is 0 Å². The highest BCUT2D eigenvalue weighted by Crippen LogP contribution is 2.35. The summed E-state index contributed by atoms with van der Waals surface area (Å²) in [6.07, 6.45) is 0. The maximum absolute atomic E-state index is 9.94. The van der Waals surface area contributed by atoms with E-state index in [0.717, 1.165) is 21.5 Å². The van der Waals surface area contributed by atoms with Crippen molar-refractivity contribution in [3.63, 3.8) is 0 Å². The molecule has 1 heterocycles. The Bertz CT molecular complexity index is 560. The van der Waals surface area contributed by atoms with Crippen molar-refractivity contribution < 1.29 is 9.84 Å². The Morgan fingerprint density at radius 3 is 2.67 bits per heavy atom. The third-order valence-corrected chi connectivity index (χ3v) is 4.11. The topological polar surface area (TPSA) is 42.4 Å². The van der Waals surface area contributed by atoms with Crippen LogP contribution in [0.4, 0.5) is 0 Å². The van der Waals surface area contributed by atoms with Crippen LogP contribution >= 0.6 is 27.3 Å². The van der Waals surface area contributed by atoms with Crippen molar-refractivity contribution in [1.82, 2.24) is 4.98 Å². The molecule has 1 aromatic carbocycles. The number of halogens is 1. The molecule has 1 N–H and O–H groups in total. The van der Waals surface area contributed by atoms with Gasteiger partial charge in [0, 0.05) is 15.4 Å². The number of nitrogens with zero attached hydrogens (tertiary/aromatic N) is 1. The first-order valence-electron chi connectivity index (χ1n) is 5.44. The maximum Gasteiger partial charge on any atom is 0.128 e. The summed E-state index contributed by atoms with van der Waals surface area (Å²) in [5.74, 6) is 0.769. The van der Waals surface area contributed by atoms with Gasteiger partial charge in [0.05, 0.1) is 12.8 Å². The lowest BCUT2D eigenvalue weighted by molar-refractivity contribution is 0.0783. The molecule has 1 aromatic heterocycles. The molecule has 0 bridgehead atoms. The molecule has 0 unspecified atom stereocenters. The summed E-state index contributed by atoms with van der Waals surface area (Å²) in [5, 5.41) is 12.6. The second-order valence-electron chi connectivity index (χ2n) is 4.44. The lowest BCUT2D eigenvalue weighted by Gasteiger charge is -2.12. The highest BCUT2D eigenvalue weighted by atomic mass is 79.9. The van der Waals surface area contributed by atoms with E-state index in [4.69, 9.17) is 4.74 Å². The Kier molecular flexibility index (Phi) is 3.75. The quantitative estimate of drug-likeness (QED) is 0.932. The lowest BCUT2D eigenvalue weighted by atomic mass is 10.1. The molecule has 0 amide bonds. The first-order chi connectivity index (χ1) is 8.41. The number of ether oxygens (including phenoxy) is 1. The van der Waals surface area contributed by atoms with Gasteiger partial charge in [0.25, 0.3) is 0 Å². The average molecular weight is 328 g/mol. The van der Waals surface area contributed by atoms with Gasteiger partial charge >= 0.3 is 0 Å². The second-order valence-corrected chi connectivity index (χ2v) is 6.22. The number of hydrogen-bond donors (Lipinski definition) is 1. The number of rotatable bonds is 3. The van der Waals surface area contributed by atoms with E-state index < -0.39 is 5.60 Å². The van der Waals surface area contributed by atoms with Gasteiger partial charge in [0.15, 0.2) is 0 Å². The summed E-state index contributed by atoms with van der Waals surface area (Å²) in [6, 6.07) is 5.77. The number of methoxy groups -OCH3 is 1. The Labute approximate surface area is 119 Å². The van der Waals surface area contributed by atoms with Gasteiger partial charge in [-0.1, -0.05) is 15.9 Å². The molecular weight excluding hydrogens is 314 g/mol. The minimum absolute atomic E-state index is 0.694. The fraction of sp³-hybridized carbons (Fsp3) is 0.308. The van der Waals surface area contributed by atoms with Gasteiger partial charge in [-0.3, -0.25) is 0 Å². The van der Waals surface area contributed by atoms with Gasteiger partial charge in [-0.25, -0.2) is 4.98 Å². The zero-order valence-electron chi connectivity index (χ0n) is 10.4. The van der Waals surface area contributed by atoms with Crippen molar-refractivity contribution in [2.24, 2.45) is 0 Å². The monoisotopic (exact) mass is 327 g/mol. The molecule has 0 radical (unpaired) electrons. The number of benzene rings is 1. The second kappa shape index (κ2) is 4.99. The van der Waals surface area contributed by atoms with E-state index in [9.17, 15) is 5.11 Å². The Balaban J connectivity index is 2.49. The zero-order valence-corrected chi connectivity index (χ0v) is 12.8. The van der Waals surface area contributed by atoms with Crippen LogP contribution in [0.2, 0.25) is 0 Å². The summed E-state index contributed by atoms with van der Waals surface area (Å²) >= 11 is 4.88. The van der Waals surface area contributed by atoms with Crippen LogP contribution in [0.5, 0.6) is 5.75 Å².